The summed E-state index contributed by atoms with van der Waals surface area (Å²) in [5.74, 6) is 0.261. The van der Waals surface area contributed by atoms with Crippen molar-refractivity contribution in [1.82, 2.24) is 5.32 Å². The minimum Gasteiger partial charge on any atom is -0.369 e. The van der Waals surface area contributed by atoms with Gasteiger partial charge in [0.15, 0.2) is 0 Å². The first-order chi connectivity index (χ1) is 7.59. The Labute approximate surface area is 97.0 Å². The van der Waals surface area contributed by atoms with Gasteiger partial charge in [0.1, 0.15) is 0 Å². The molecule has 0 bridgehead atoms. The summed E-state index contributed by atoms with van der Waals surface area (Å²) in [6.07, 6.45) is 0.922. The molecule has 0 radical (unpaired) electrons. The highest BCUT2D eigenvalue weighted by Gasteiger charge is 1.99. The van der Waals surface area contributed by atoms with Gasteiger partial charge in [-0.2, -0.15) is 0 Å². The molecule has 1 aromatic rings. The third-order valence-corrected chi connectivity index (χ3v) is 2.54. The van der Waals surface area contributed by atoms with Gasteiger partial charge in [-0.15, -0.1) is 0 Å². The molecule has 0 fully saturated rings. The number of carbonyl (C=O) groups excluding carboxylic acids is 1. The fourth-order valence-corrected chi connectivity index (χ4v) is 1.51. The zero-order valence-corrected chi connectivity index (χ0v) is 9.99. The topological polar surface area (TPSA) is 55.1 Å². The van der Waals surface area contributed by atoms with Crippen molar-refractivity contribution < 1.29 is 4.79 Å². The molecule has 0 aliphatic rings. The van der Waals surface area contributed by atoms with Crippen LogP contribution in [0.15, 0.2) is 24.3 Å². The van der Waals surface area contributed by atoms with Crippen molar-refractivity contribution in [1.29, 1.82) is 0 Å². The molecule has 0 heterocycles. The predicted molar refractivity (Wildman–Crippen MR) is 66.3 cm³/mol. The molecule has 3 nitrogen and oxygen atoms in total. The second-order valence-corrected chi connectivity index (χ2v) is 4.29. The molecule has 88 valence electrons. The molecule has 0 saturated heterocycles. The highest BCUT2D eigenvalue weighted by molar-refractivity contribution is 5.75. The quantitative estimate of drug-likeness (QED) is 0.712. The normalized spacial score (nSPS) is 10.7. The summed E-state index contributed by atoms with van der Waals surface area (Å²) in [6, 6.07) is 8.60. The highest BCUT2D eigenvalue weighted by Crippen LogP contribution is 2.14. The number of benzene rings is 1. The monoisotopic (exact) mass is 220 g/mol. The summed E-state index contributed by atoms with van der Waals surface area (Å²) < 4.78 is 0. The molecular formula is C13H20N2O. The van der Waals surface area contributed by atoms with E-state index >= 15 is 0 Å². The van der Waals surface area contributed by atoms with E-state index < -0.39 is 0 Å². The Hall–Kier alpha value is -1.35. The van der Waals surface area contributed by atoms with Gasteiger partial charge in [-0.05, 0) is 30.0 Å². The highest BCUT2D eigenvalue weighted by atomic mass is 16.1. The van der Waals surface area contributed by atoms with Gasteiger partial charge in [0, 0.05) is 0 Å². The van der Waals surface area contributed by atoms with Crippen molar-refractivity contribution in [3.8, 4) is 0 Å². The SMILES string of the molecule is CC(C)c1ccc(CCNCC(N)=O)cc1. The molecule has 16 heavy (non-hydrogen) atoms. The van der Waals surface area contributed by atoms with Gasteiger partial charge in [0.25, 0.3) is 0 Å². The lowest BCUT2D eigenvalue weighted by atomic mass is 10.0. The molecule has 0 unspecified atom stereocenters. The summed E-state index contributed by atoms with van der Waals surface area (Å²) in [5, 5.41) is 3.00. The van der Waals surface area contributed by atoms with Crippen LogP contribution in [0.3, 0.4) is 0 Å². The summed E-state index contributed by atoms with van der Waals surface area (Å²) in [6.45, 7) is 5.40. The average Bonchev–Trinajstić information content (AvgIpc) is 2.25. The molecule has 1 rings (SSSR count). The van der Waals surface area contributed by atoms with Gasteiger partial charge in [-0.25, -0.2) is 0 Å². The van der Waals surface area contributed by atoms with Crippen LogP contribution in [0.4, 0.5) is 0 Å². The Balaban J connectivity index is 2.35. The maximum atomic E-state index is 10.5. The van der Waals surface area contributed by atoms with Crippen molar-refractivity contribution in [2.45, 2.75) is 26.2 Å². The van der Waals surface area contributed by atoms with Crippen LogP contribution in [-0.2, 0) is 11.2 Å². The number of nitrogens with two attached hydrogens (primary N) is 1. The number of rotatable bonds is 6. The van der Waals surface area contributed by atoms with E-state index in [2.05, 4.69) is 43.4 Å². The van der Waals surface area contributed by atoms with Crippen LogP contribution in [0.25, 0.3) is 0 Å². The number of carbonyl (C=O) groups is 1. The first kappa shape index (κ1) is 12.7. The lowest BCUT2D eigenvalue weighted by molar-refractivity contribution is -0.117. The first-order valence-corrected chi connectivity index (χ1v) is 5.67. The molecule has 0 aromatic heterocycles. The number of amides is 1. The van der Waals surface area contributed by atoms with Gasteiger partial charge in [0.2, 0.25) is 5.91 Å². The fourth-order valence-electron chi connectivity index (χ4n) is 1.51. The standard InChI is InChI=1S/C13H20N2O/c1-10(2)12-5-3-11(4-6-12)7-8-15-9-13(14)16/h3-6,10,15H,7-9H2,1-2H3,(H2,14,16). The van der Waals surface area contributed by atoms with E-state index in [4.69, 9.17) is 5.73 Å². The van der Waals surface area contributed by atoms with Gasteiger partial charge in [-0.1, -0.05) is 38.1 Å². The zero-order valence-electron chi connectivity index (χ0n) is 9.99. The van der Waals surface area contributed by atoms with Crippen molar-refractivity contribution in [2.24, 2.45) is 5.73 Å². The van der Waals surface area contributed by atoms with Crippen LogP contribution in [0.1, 0.15) is 30.9 Å². The summed E-state index contributed by atoms with van der Waals surface area (Å²) >= 11 is 0. The average molecular weight is 220 g/mol. The van der Waals surface area contributed by atoms with E-state index in [0.717, 1.165) is 13.0 Å². The Morgan fingerprint density at radius 1 is 1.31 bits per heavy atom. The summed E-state index contributed by atoms with van der Waals surface area (Å²) in [5.41, 5.74) is 7.66. The Morgan fingerprint density at radius 3 is 2.44 bits per heavy atom. The second-order valence-electron chi connectivity index (χ2n) is 4.29. The number of hydrogen-bond donors (Lipinski definition) is 2. The largest absolute Gasteiger partial charge is 0.369 e. The summed E-state index contributed by atoms with van der Waals surface area (Å²) in [4.78, 5) is 10.5. The third kappa shape index (κ3) is 4.45. The van der Waals surface area contributed by atoms with Gasteiger partial charge < -0.3 is 11.1 Å². The predicted octanol–water partition coefficient (Wildman–Crippen LogP) is 1.43. The van der Waals surface area contributed by atoms with Crippen molar-refractivity contribution in [3.63, 3.8) is 0 Å². The van der Waals surface area contributed by atoms with E-state index in [0.29, 0.717) is 5.92 Å². The third-order valence-electron chi connectivity index (χ3n) is 2.54. The van der Waals surface area contributed by atoms with Crippen LogP contribution in [-0.4, -0.2) is 19.0 Å². The van der Waals surface area contributed by atoms with Crippen LogP contribution in [0.5, 0.6) is 0 Å². The van der Waals surface area contributed by atoms with Crippen LogP contribution in [0, 0.1) is 0 Å². The molecule has 0 aliphatic carbocycles. The number of nitrogens with one attached hydrogen (secondary N) is 1. The van der Waals surface area contributed by atoms with E-state index in [1.807, 2.05) is 0 Å². The van der Waals surface area contributed by atoms with E-state index in [1.165, 1.54) is 11.1 Å². The molecule has 0 atom stereocenters. The smallest absolute Gasteiger partial charge is 0.231 e. The lowest BCUT2D eigenvalue weighted by Crippen LogP contribution is -2.29. The van der Waals surface area contributed by atoms with Crippen LogP contribution in [0.2, 0.25) is 0 Å². The van der Waals surface area contributed by atoms with E-state index in [9.17, 15) is 4.79 Å². The van der Waals surface area contributed by atoms with Gasteiger partial charge in [0.05, 0.1) is 6.54 Å². The minimum atomic E-state index is -0.310. The minimum absolute atomic E-state index is 0.254. The van der Waals surface area contributed by atoms with E-state index in [-0.39, 0.29) is 12.5 Å². The molecule has 0 spiro atoms. The number of hydrogen-bond acceptors (Lipinski definition) is 2. The maximum absolute atomic E-state index is 10.5. The zero-order chi connectivity index (χ0) is 12.0. The van der Waals surface area contributed by atoms with Crippen LogP contribution < -0.4 is 11.1 Å². The van der Waals surface area contributed by atoms with Crippen molar-refractivity contribution >= 4 is 5.91 Å². The maximum Gasteiger partial charge on any atom is 0.231 e. The number of primary amides is 1. The summed E-state index contributed by atoms with van der Waals surface area (Å²) in [7, 11) is 0. The van der Waals surface area contributed by atoms with Crippen molar-refractivity contribution in [3.05, 3.63) is 35.4 Å². The molecule has 3 N–H and O–H groups in total. The molecule has 1 aromatic carbocycles. The second kappa shape index (κ2) is 6.28. The molecule has 0 saturated carbocycles. The fraction of sp³-hybridized carbons (Fsp3) is 0.462. The van der Waals surface area contributed by atoms with Crippen molar-refractivity contribution in [2.75, 3.05) is 13.1 Å². The van der Waals surface area contributed by atoms with Gasteiger partial charge in [-0.3, -0.25) is 4.79 Å². The molecule has 3 heteroatoms. The Kier molecular flexibility index (Phi) is 4.99. The van der Waals surface area contributed by atoms with E-state index in [1.54, 1.807) is 0 Å². The van der Waals surface area contributed by atoms with Gasteiger partial charge >= 0.3 is 0 Å². The molecule has 0 aliphatic heterocycles. The molecular weight excluding hydrogens is 200 g/mol. The lowest BCUT2D eigenvalue weighted by Gasteiger charge is -2.07. The Morgan fingerprint density at radius 2 is 1.94 bits per heavy atom. The first-order valence-electron chi connectivity index (χ1n) is 5.67. The van der Waals surface area contributed by atoms with Crippen LogP contribution >= 0.6 is 0 Å². The Bertz CT molecular complexity index is 330. The molecule has 1 amide bonds.